The molecule has 0 saturated carbocycles. The van der Waals surface area contributed by atoms with Crippen molar-refractivity contribution in [1.29, 1.82) is 0 Å². The molecule has 24 heavy (non-hydrogen) atoms. The maximum absolute atomic E-state index is 12.3. The Morgan fingerprint density at radius 3 is 2.62 bits per heavy atom. The van der Waals surface area contributed by atoms with Crippen molar-refractivity contribution in [2.45, 2.75) is 33.0 Å². The average molecular weight is 345 g/mol. The van der Waals surface area contributed by atoms with Crippen LogP contribution in [0.3, 0.4) is 0 Å². The summed E-state index contributed by atoms with van der Waals surface area (Å²) in [4.78, 5) is 18.9. The van der Waals surface area contributed by atoms with E-state index in [1.807, 2.05) is 31.4 Å². The third-order valence-corrected chi connectivity index (χ3v) is 4.72. The molecule has 0 aliphatic carbocycles. The second kappa shape index (κ2) is 7.42. The van der Waals surface area contributed by atoms with Gasteiger partial charge in [0.2, 0.25) is 5.91 Å². The van der Waals surface area contributed by atoms with E-state index in [-0.39, 0.29) is 18.1 Å². The summed E-state index contributed by atoms with van der Waals surface area (Å²) < 4.78 is 5.69. The number of amides is 1. The molecule has 1 aromatic carbocycles. The van der Waals surface area contributed by atoms with E-state index in [0.29, 0.717) is 11.7 Å². The van der Waals surface area contributed by atoms with Crippen LogP contribution in [0.2, 0.25) is 0 Å². The highest BCUT2D eigenvalue weighted by Crippen LogP contribution is 2.25. The first-order chi connectivity index (χ1) is 11.5. The Morgan fingerprint density at radius 2 is 1.96 bits per heavy atom. The summed E-state index contributed by atoms with van der Waals surface area (Å²) in [7, 11) is 0. The molecule has 1 aliphatic heterocycles. The lowest BCUT2D eigenvalue weighted by molar-refractivity contribution is -0.121. The van der Waals surface area contributed by atoms with E-state index in [9.17, 15) is 4.79 Å². The topological polar surface area (TPSA) is 54.5 Å². The smallest absolute Gasteiger partial charge is 0.240 e. The van der Waals surface area contributed by atoms with Crippen LogP contribution >= 0.6 is 11.3 Å². The molecule has 1 amide bonds. The fourth-order valence-electron chi connectivity index (χ4n) is 2.96. The Balaban J connectivity index is 1.58. The van der Waals surface area contributed by atoms with E-state index >= 15 is 0 Å². The minimum atomic E-state index is -0.0268. The molecular formula is C18H23N3O2S. The second-order valence-corrected chi connectivity index (χ2v) is 7.26. The fourth-order valence-corrected chi connectivity index (χ4v) is 3.70. The molecule has 3 rings (SSSR count). The summed E-state index contributed by atoms with van der Waals surface area (Å²) in [6.45, 7) is 8.07. The number of ether oxygens (including phenoxy) is 1. The van der Waals surface area contributed by atoms with Crippen molar-refractivity contribution in [2.24, 2.45) is 0 Å². The van der Waals surface area contributed by atoms with Gasteiger partial charge in [0.05, 0.1) is 24.4 Å². The molecule has 2 aromatic rings. The maximum Gasteiger partial charge on any atom is 0.240 e. The SMILES string of the molecule is Cc1ccc(-c2csc(NC(=O)CN3C[C@H](C)O[C@@H](C)C3)n2)cc1. The van der Waals surface area contributed by atoms with Crippen molar-refractivity contribution in [2.75, 3.05) is 25.0 Å². The van der Waals surface area contributed by atoms with Gasteiger partial charge >= 0.3 is 0 Å². The summed E-state index contributed by atoms with van der Waals surface area (Å²) in [5.74, 6) is -0.0268. The van der Waals surface area contributed by atoms with E-state index in [0.717, 1.165) is 24.3 Å². The van der Waals surface area contributed by atoms with Crippen LogP contribution in [0.4, 0.5) is 5.13 Å². The Morgan fingerprint density at radius 1 is 1.29 bits per heavy atom. The number of thiazole rings is 1. The number of nitrogens with zero attached hydrogens (tertiary/aromatic N) is 2. The summed E-state index contributed by atoms with van der Waals surface area (Å²) in [5, 5.41) is 5.52. The number of carbonyl (C=O) groups excluding carboxylic acids is 1. The third-order valence-electron chi connectivity index (χ3n) is 3.96. The molecule has 0 spiro atoms. The van der Waals surface area contributed by atoms with Gasteiger partial charge < -0.3 is 10.1 Å². The summed E-state index contributed by atoms with van der Waals surface area (Å²) in [6, 6.07) is 8.22. The van der Waals surface area contributed by atoms with Crippen LogP contribution in [0.5, 0.6) is 0 Å². The number of rotatable bonds is 4. The van der Waals surface area contributed by atoms with Crippen LogP contribution in [0.15, 0.2) is 29.6 Å². The number of carbonyl (C=O) groups is 1. The number of hydrogen-bond donors (Lipinski definition) is 1. The van der Waals surface area contributed by atoms with Gasteiger partial charge in [0.25, 0.3) is 0 Å². The quantitative estimate of drug-likeness (QED) is 0.925. The van der Waals surface area contributed by atoms with Gasteiger partial charge in [0, 0.05) is 24.0 Å². The number of benzene rings is 1. The Bertz CT molecular complexity index is 689. The molecule has 128 valence electrons. The fraction of sp³-hybridized carbons (Fsp3) is 0.444. The maximum atomic E-state index is 12.3. The number of morpholine rings is 1. The first kappa shape index (κ1) is 17.1. The first-order valence-corrected chi connectivity index (χ1v) is 9.08. The number of anilines is 1. The van der Waals surface area contributed by atoms with Gasteiger partial charge in [-0.1, -0.05) is 29.8 Å². The zero-order valence-electron chi connectivity index (χ0n) is 14.3. The van der Waals surface area contributed by atoms with Gasteiger partial charge in [-0.25, -0.2) is 4.98 Å². The van der Waals surface area contributed by atoms with E-state index in [1.165, 1.54) is 16.9 Å². The summed E-state index contributed by atoms with van der Waals surface area (Å²) >= 11 is 1.45. The Kier molecular flexibility index (Phi) is 5.28. The molecule has 2 atom stereocenters. The normalized spacial score (nSPS) is 21.6. The molecule has 1 fully saturated rings. The van der Waals surface area contributed by atoms with Crippen LogP contribution in [0, 0.1) is 6.92 Å². The van der Waals surface area contributed by atoms with Gasteiger partial charge in [-0.15, -0.1) is 11.3 Å². The van der Waals surface area contributed by atoms with Crippen molar-refractivity contribution in [1.82, 2.24) is 9.88 Å². The first-order valence-electron chi connectivity index (χ1n) is 8.20. The van der Waals surface area contributed by atoms with E-state index in [2.05, 4.69) is 34.3 Å². The molecule has 1 N–H and O–H groups in total. The van der Waals surface area contributed by atoms with E-state index in [4.69, 9.17) is 4.74 Å². The van der Waals surface area contributed by atoms with Crippen LogP contribution in [-0.2, 0) is 9.53 Å². The lowest BCUT2D eigenvalue weighted by atomic mass is 10.1. The molecule has 5 nitrogen and oxygen atoms in total. The van der Waals surface area contributed by atoms with Gasteiger partial charge in [-0.2, -0.15) is 0 Å². The minimum absolute atomic E-state index is 0.0268. The van der Waals surface area contributed by atoms with E-state index in [1.54, 1.807) is 0 Å². The van der Waals surface area contributed by atoms with Crippen LogP contribution in [0.1, 0.15) is 19.4 Å². The predicted octanol–water partition coefficient (Wildman–Crippen LogP) is 3.17. The monoisotopic (exact) mass is 345 g/mol. The van der Waals surface area contributed by atoms with Crippen LogP contribution in [0.25, 0.3) is 11.3 Å². The zero-order valence-corrected chi connectivity index (χ0v) is 15.1. The molecule has 0 unspecified atom stereocenters. The molecule has 1 saturated heterocycles. The highest BCUT2D eigenvalue weighted by atomic mass is 32.1. The number of aromatic nitrogens is 1. The van der Waals surface area contributed by atoms with Gasteiger partial charge in [0.15, 0.2) is 5.13 Å². The highest BCUT2D eigenvalue weighted by Gasteiger charge is 2.23. The lowest BCUT2D eigenvalue weighted by Crippen LogP contribution is -2.48. The van der Waals surface area contributed by atoms with Crippen molar-refractivity contribution in [3.63, 3.8) is 0 Å². The number of nitrogens with one attached hydrogen (secondary N) is 1. The molecule has 2 heterocycles. The standard InChI is InChI=1S/C18H23N3O2S/c1-12-4-6-15(7-5-12)16-11-24-18(19-16)20-17(22)10-21-8-13(2)23-14(3)9-21/h4-7,11,13-14H,8-10H2,1-3H3,(H,19,20,22)/t13-,14-/m0/s1. The second-order valence-electron chi connectivity index (χ2n) is 6.40. The Hall–Kier alpha value is -1.76. The number of aryl methyl sites for hydroxylation is 1. The summed E-state index contributed by atoms with van der Waals surface area (Å²) in [5.41, 5.74) is 3.17. The largest absolute Gasteiger partial charge is 0.373 e. The van der Waals surface area contributed by atoms with Gasteiger partial charge in [-0.3, -0.25) is 9.69 Å². The average Bonchev–Trinajstić information content (AvgIpc) is 2.95. The Labute approximate surface area is 146 Å². The van der Waals surface area contributed by atoms with Gasteiger partial charge in [0.1, 0.15) is 0 Å². The highest BCUT2D eigenvalue weighted by molar-refractivity contribution is 7.14. The minimum Gasteiger partial charge on any atom is -0.373 e. The lowest BCUT2D eigenvalue weighted by Gasteiger charge is -2.34. The van der Waals surface area contributed by atoms with Crippen molar-refractivity contribution in [3.05, 3.63) is 35.2 Å². The zero-order chi connectivity index (χ0) is 17.1. The third kappa shape index (κ3) is 4.41. The van der Waals surface area contributed by atoms with Crippen LogP contribution < -0.4 is 5.32 Å². The predicted molar refractivity (Wildman–Crippen MR) is 97.4 cm³/mol. The van der Waals surface area contributed by atoms with E-state index < -0.39 is 0 Å². The molecule has 0 radical (unpaired) electrons. The van der Waals surface area contributed by atoms with Crippen molar-refractivity contribution >= 4 is 22.4 Å². The molecule has 1 aliphatic rings. The molecule has 0 bridgehead atoms. The molecular weight excluding hydrogens is 322 g/mol. The van der Waals surface area contributed by atoms with Crippen LogP contribution in [-0.4, -0.2) is 47.6 Å². The number of hydrogen-bond acceptors (Lipinski definition) is 5. The summed E-state index contributed by atoms with van der Waals surface area (Å²) in [6.07, 6.45) is 0.323. The molecule has 6 heteroatoms. The van der Waals surface area contributed by atoms with Crippen molar-refractivity contribution < 1.29 is 9.53 Å². The molecule has 1 aromatic heterocycles. The van der Waals surface area contributed by atoms with Crippen molar-refractivity contribution in [3.8, 4) is 11.3 Å². The van der Waals surface area contributed by atoms with Gasteiger partial charge in [-0.05, 0) is 20.8 Å².